The number of carbonyl (C=O) groups excluding carboxylic acids is 1. The van der Waals surface area contributed by atoms with Crippen LogP contribution in [0.4, 0.5) is 0 Å². The van der Waals surface area contributed by atoms with Crippen LogP contribution in [0.25, 0.3) is 6.08 Å². The van der Waals surface area contributed by atoms with Crippen LogP contribution in [0.2, 0.25) is 0 Å². The lowest BCUT2D eigenvalue weighted by atomic mass is 9.47. The second-order valence-electron chi connectivity index (χ2n) is 16.6. The molecule has 4 unspecified atom stereocenters. The smallest absolute Gasteiger partial charge is 0.185 e. The Morgan fingerprint density at radius 1 is 0.917 bits per heavy atom. The molecule has 4 heteroatoms. The van der Waals surface area contributed by atoms with Gasteiger partial charge in [0.25, 0.3) is 0 Å². The Balaban J connectivity index is 1.03. The standard InChI is InChI=1S/C44H59BrO3/c1-30(2)7-6-8-31(3)39-20-21-40-38-19-14-34-29-37(23-25-43(34,4)41(38)24-26-44(39,40)5)48-36-15-9-32(10-16-36)11-22-42(46)33-12-17-35(18-13-33)47-28-27-45/h9-18,22,30-31,37-41H,6-8,19-21,23-29H2,1-5H3/t31-,37?,38?,39-,40?,41?,43+,44-/m1/s1. The molecule has 0 saturated heterocycles. The van der Waals surface area contributed by atoms with Crippen LogP contribution in [0.15, 0.2) is 66.3 Å². The Bertz CT molecular complexity index is 1440. The third-order valence-electron chi connectivity index (χ3n) is 13.4. The van der Waals surface area contributed by atoms with Gasteiger partial charge in [0.15, 0.2) is 5.78 Å². The van der Waals surface area contributed by atoms with E-state index in [0.717, 1.165) is 70.7 Å². The van der Waals surface area contributed by atoms with Gasteiger partial charge in [0, 0.05) is 17.3 Å². The summed E-state index contributed by atoms with van der Waals surface area (Å²) in [7, 11) is 0. The van der Waals surface area contributed by atoms with E-state index in [1.807, 2.05) is 42.5 Å². The summed E-state index contributed by atoms with van der Waals surface area (Å²) in [6, 6.07) is 15.5. The number of hydrogen-bond acceptors (Lipinski definition) is 3. The van der Waals surface area contributed by atoms with Gasteiger partial charge in [-0.2, -0.15) is 0 Å². The summed E-state index contributed by atoms with van der Waals surface area (Å²) < 4.78 is 12.2. The average Bonchev–Trinajstić information content (AvgIpc) is 3.44. The second-order valence-corrected chi connectivity index (χ2v) is 17.4. The molecule has 6 rings (SSSR count). The minimum atomic E-state index is -0.0161. The number of ketones is 1. The first kappa shape index (κ1) is 35.5. The zero-order valence-corrected chi connectivity index (χ0v) is 31.8. The summed E-state index contributed by atoms with van der Waals surface area (Å²) in [6.45, 7) is 13.3. The number of hydrogen-bond donors (Lipinski definition) is 0. The van der Waals surface area contributed by atoms with Crippen molar-refractivity contribution in [3.05, 3.63) is 77.4 Å². The highest BCUT2D eigenvalue weighted by Crippen LogP contribution is 2.67. The number of ether oxygens (including phenoxy) is 2. The molecule has 0 bridgehead atoms. The van der Waals surface area contributed by atoms with Gasteiger partial charge in [-0.25, -0.2) is 0 Å². The summed E-state index contributed by atoms with van der Waals surface area (Å²) >= 11 is 3.36. The van der Waals surface area contributed by atoms with E-state index in [-0.39, 0.29) is 11.9 Å². The highest BCUT2D eigenvalue weighted by Gasteiger charge is 2.59. The van der Waals surface area contributed by atoms with Crippen molar-refractivity contribution in [2.45, 2.75) is 111 Å². The van der Waals surface area contributed by atoms with Gasteiger partial charge in [-0.05, 0) is 139 Å². The fourth-order valence-electron chi connectivity index (χ4n) is 10.7. The minimum Gasteiger partial charge on any atom is -0.493 e. The molecule has 0 spiro atoms. The van der Waals surface area contributed by atoms with Crippen LogP contribution in [-0.4, -0.2) is 23.8 Å². The molecule has 4 aliphatic carbocycles. The first-order chi connectivity index (χ1) is 23.1. The Kier molecular flexibility index (Phi) is 11.3. The number of halogens is 1. The van der Waals surface area contributed by atoms with E-state index < -0.39 is 0 Å². The van der Waals surface area contributed by atoms with Crippen molar-refractivity contribution in [2.24, 2.45) is 46.3 Å². The van der Waals surface area contributed by atoms with E-state index in [1.165, 1.54) is 57.8 Å². The van der Waals surface area contributed by atoms with Crippen molar-refractivity contribution >= 4 is 27.8 Å². The summed E-state index contributed by atoms with van der Waals surface area (Å²) in [5.74, 6) is 6.91. The molecule has 48 heavy (non-hydrogen) atoms. The first-order valence-corrected chi connectivity index (χ1v) is 20.2. The van der Waals surface area contributed by atoms with Crippen LogP contribution in [0.1, 0.15) is 121 Å². The SMILES string of the molecule is CC(C)CCC[C@@H](C)[C@H]1CCC2C3CC=C4CC(Oc5ccc(C=CC(=O)c6ccc(OCCBr)cc6)cc5)CC[C@]4(C)C3CC[C@@]21C. The van der Waals surface area contributed by atoms with Gasteiger partial charge in [0.2, 0.25) is 0 Å². The molecule has 0 heterocycles. The first-order valence-electron chi connectivity index (χ1n) is 19.1. The zero-order valence-electron chi connectivity index (χ0n) is 30.2. The minimum absolute atomic E-state index is 0.0161. The van der Waals surface area contributed by atoms with Crippen LogP contribution in [0.5, 0.6) is 11.5 Å². The molecule has 4 aliphatic rings. The molecular formula is C44H59BrO3. The quantitative estimate of drug-likeness (QED) is 0.0896. The van der Waals surface area contributed by atoms with Gasteiger partial charge in [0.1, 0.15) is 17.6 Å². The molecule has 2 aromatic carbocycles. The molecule has 0 aliphatic heterocycles. The van der Waals surface area contributed by atoms with Gasteiger partial charge >= 0.3 is 0 Å². The van der Waals surface area contributed by atoms with Gasteiger partial charge < -0.3 is 9.47 Å². The number of carbonyl (C=O) groups is 1. The average molecular weight is 716 g/mol. The van der Waals surface area contributed by atoms with Crippen molar-refractivity contribution < 1.29 is 14.3 Å². The predicted octanol–water partition coefficient (Wildman–Crippen LogP) is 12.1. The number of fused-ring (bicyclic) bond motifs is 5. The maximum absolute atomic E-state index is 12.7. The number of rotatable bonds is 13. The third kappa shape index (κ3) is 7.54. The number of alkyl halides is 1. The van der Waals surface area contributed by atoms with E-state index in [9.17, 15) is 4.79 Å². The Hall–Kier alpha value is -2.33. The summed E-state index contributed by atoms with van der Waals surface area (Å²) in [5, 5.41) is 0.776. The Labute approximate surface area is 299 Å². The van der Waals surface area contributed by atoms with Crippen LogP contribution < -0.4 is 9.47 Å². The molecule has 3 saturated carbocycles. The molecule has 3 fully saturated rings. The van der Waals surface area contributed by atoms with E-state index >= 15 is 0 Å². The largest absolute Gasteiger partial charge is 0.493 e. The van der Waals surface area contributed by atoms with Crippen LogP contribution in [0, 0.1) is 46.3 Å². The van der Waals surface area contributed by atoms with Gasteiger partial charge in [-0.15, -0.1) is 0 Å². The van der Waals surface area contributed by atoms with E-state index in [0.29, 0.717) is 23.0 Å². The maximum Gasteiger partial charge on any atom is 0.185 e. The molecule has 0 radical (unpaired) electrons. The molecule has 260 valence electrons. The monoisotopic (exact) mass is 714 g/mol. The molecule has 0 N–H and O–H groups in total. The third-order valence-corrected chi connectivity index (χ3v) is 13.7. The van der Waals surface area contributed by atoms with Crippen molar-refractivity contribution in [3.63, 3.8) is 0 Å². The summed E-state index contributed by atoms with van der Waals surface area (Å²) in [6.07, 6.45) is 21.1. The molecule has 3 nitrogen and oxygen atoms in total. The highest BCUT2D eigenvalue weighted by atomic mass is 79.9. The van der Waals surface area contributed by atoms with E-state index in [4.69, 9.17) is 9.47 Å². The van der Waals surface area contributed by atoms with Crippen molar-refractivity contribution in [1.82, 2.24) is 0 Å². The van der Waals surface area contributed by atoms with Crippen LogP contribution >= 0.6 is 15.9 Å². The van der Waals surface area contributed by atoms with Crippen molar-refractivity contribution in [2.75, 3.05) is 11.9 Å². The normalized spacial score (nSPS) is 31.9. The fourth-order valence-corrected chi connectivity index (χ4v) is 10.9. The number of allylic oxidation sites excluding steroid dienone is 2. The molecule has 2 aromatic rings. The lowest BCUT2D eigenvalue weighted by molar-refractivity contribution is -0.0559. The highest BCUT2D eigenvalue weighted by molar-refractivity contribution is 9.09. The van der Waals surface area contributed by atoms with Crippen molar-refractivity contribution in [1.29, 1.82) is 0 Å². The maximum atomic E-state index is 12.7. The predicted molar refractivity (Wildman–Crippen MR) is 203 cm³/mol. The Morgan fingerprint density at radius 2 is 1.67 bits per heavy atom. The molecular weight excluding hydrogens is 656 g/mol. The summed E-state index contributed by atoms with van der Waals surface area (Å²) in [5.41, 5.74) is 4.21. The van der Waals surface area contributed by atoms with Crippen molar-refractivity contribution in [3.8, 4) is 11.5 Å². The Morgan fingerprint density at radius 3 is 2.40 bits per heavy atom. The zero-order chi connectivity index (χ0) is 33.9. The lowest BCUT2D eigenvalue weighted by Crippen LogP contribution is -2.51. The fraction of sp³-hybridized carbons (Fsp3) is 0.614. The number of benzene rings is 2. The summed E-state index contributed by atoms with van der Waals surface area (Å²) in [4.78, 5) is 12.7. The molecule has 0 aromatic heterocycles. The topological polar surface area (TPSA) is 35.5 Å². The lowest BCUT2D eigenvalue weighted by Gasteiger charge is -2.58. The van der Waals surface area contributed by atoms with Crippen LogP contribution in [0.3, 0.4) is 0 Å². The van der Waals surface area contributed by atoms with E-state index in [2.05, 4.69) is 68.8 Å². The van der Waals surface area contributed by atoms with Crippen LogP contribution in [-0.2, 0) is 0 Å². The van der Waals surface area contributed by atoms with Gasteiger partial charge in [0.05, 0.1) is 6.61 Å². The molecule has 0 amide bonds. The second kappa shape index (κ2) is 15.3. The molecule has 8 atom stereocenters. The van der Waals surface area contributed by atoms with E-state index in [1.54, 1.807) is 11.6 Å². The van der Waals surface area contributed by atoms with Gasteiger partial charge in [-0.1, -0.05) is 99.7 Å². The van der Waals surface area contributed by atoms with Gasteiger partial charge in [-0.3, -0.25) is 4.79 Å².